The van der Waals surface area contributed by atoms with E-state index in [1.807, 2.05) is 36.4 Å². The smallest absolute Gasteiger partial charge is 0.115 e. The Labute approximate surface area is 88.5 Å². The number of aliphatic hydroxyl groups is 2. The highest BCUT2D eigenvalue weighted by Crippen LogP contribution is 2.18. The highest BCUT2D eigenvalue weighted by atomic mass is 16.3. The van der Waals surface area contributed by atoms with Crippen molar-refractivity contribution in [1.82, 2.24) is 0 Å². The summed E-state index contributed by atoms with van der Waals surface area (Å²) >= 11 is 0. The second-order valence-corrected chi connectivity index (χ2v) is 3.43. The summed E-state index contributed by atoms with van der Waals surface area (Å²) in [6.45, 7) is 0. The molecule has 1 atom stereocenters. The lowest BCUT2D eigenvalue weighted by Crippen LogP contribution is -2.08. The van der Waals surface area contributed by atoms with Crippen LogP contribution in [0.4, 0.5) is 0 Å². The van der Waals surface area contributed by atoms with Crippen molar-refractivity contribution in [1.29, 1.82) is 0 Å². The summed E-state index contributed by atoms with van der Waals surface area (Å²) in [5.74, 6) is 0.169. The van der Waals surface area contributed by atoms with Crippen LogP contribution in [0.15, 0.2) is 59.9 Å². The molecule has 0 saturated heterocycles. The maximum atomic E-state index is 9.64. The van der Waals surface area contributed by atoms with Crippen molar-refractivity contribution in [3.05, 3.63) is 65.5 Å². The van der Waals surface area contributed by atoms with E-state index in [0.29, 0.717) is 5.57 Å². The third kappa shape index (κ3) is 2.36. The van der Waals surface area contributed by atoms with Crippen molar-refractivity contribution < 1.29 is 10.2 Å². The van der Waals surface area contributed by atoms with Gasteiger partial charge in [0.15, 0.2) is 0 Å². The fourth-order valence-corrected chi connectivity index (χ4v) is 1.47. The van der Waals surface area contributed by atoms with Gasteiger partial charge in [-0.3, -0.25) is 0 Å². The second-order valence-electron chi connectivity index (χ2n) is 3.43. The number of benzene rings is 1. The maximum Gasteiger partial charge on any atom is 0.115 e. The number of hydrogen-bond donors (Lipinski definition) is 2. The van der Waals surface area contributed by atoms with Crippen LogP contribution in [0.2, 0.25) is 0 Å². The Morgan fingerprint density at radius 3 is 2.60 bits per heavy atom. The molecule has 1 unspecified atom stereocenters. The molecule has 1 aliphatic carbocycles. The molecule has 2 N–H and O–H groups in total. The highest BCUT2D eigenvalue weighted by molar-refractivity contribution is 5.59. The number of hydrogen-bond acceptors (Lipinski definition) is 2. The van der Waals surface area contributed by atoms with E-state index < -0.39 is 6.10 Å². The summed E-state index contributed by atoms with van der Waals surface area (Å²) in [6, 6.07) is 9.69. The number of rotatable bonds is 1. The van der Waals surface area contributed by atoms with E-state index in [2.05, 4.69) is 0 Å². The van der Waals surface area contributed by atoms with Crippen molar-refractivity contribution in [3.8, 4) is 0 Å². The first-order chi connectivity index (χ1) is 7.25. The lowest BCUT2D eigenvalue weighted by molar-refractivity contribution is 0.260. The summed E-state index contributed by atoms with van der Waals surface area (Å²) in [4.78, 5) is 0. The van der Waals surface area contributed by atoms with Gasteiger partial charge in [-0.2, -0.15) is 0 Å². The van der Waals surface area contributed by atoms with Gasteiger partial charge in [-0.25, -0.2) is 0 Å². The molecule has 0 heterocycles. The summed E-state index contributed by atoms with van der Waals surface area (Å²) in [6.07, 6.45) is 5.83. The van der Waals surface area contributed by atoms with Gasteiger partial charge in [-0.15, -0.1) is 0 Å². The van der Waals surface area contributed by atoms with Crippen LogP contribution >= 0.6 is 0 Å². The van der Waals surface area contributed by atoms with Crippen molar-refractivity contribution >= 4 is 6.08 Å². The van der Waals surface area contributed by atoms with Crippen molar-refractivity contribution in [2.45, 2.75) is 6.10 Å². The molecule has 0 bridgehead atoms. The Morgan fingerprint density at radius 1 is 1.13 bits per heavy atom. The van der Waals surface area contributed by atoms with Crippen LogP contribution in [-0.2, 0) is 0 Å². The topological polar surface area (TPSA) is 40.5 Å². The van der Waals surface area contributed by atoms with E-state index in [1.165, 1.54) is 6.08 Å². The molecule has 0 fully saturated rings. The SMILES string of the molecule is OC1=CC(=Cc2ccccc2)C(O)C=C1. The molecule has 0 aromatic heterocycles. The Hall–Kier alpha value is -1.80. The Balaban J connectivity index is 2.31. The normalized spacial score (nSPS) is 22.9. The third-order valence-corrected chi connectivity index (χ3v) is 2.24. The molecule has 2 rings (SSSR count). The molecule has 0 aliphatic heterocycles. The predicted octanol–water partition coefficient (Wildman–Crippen LogP) is 2.44. The minimum absolute atomic E-state index is 0.169. The van der Waals surface area contributed by atoms with Crippen LogP contribution in [0.3, 0.4) is 0 Å². The molecule has 0 amide bonds. The molecule has 2 heteroatoms. The molecule has 2 nitrogen and oxygen atoms in total. The van der Waals surface area contributed by atoms with E-state index in [-0.39, 0.29) is 5.76 Å². The summed E-state index contributed by atoms with van der Waals surface area (Å²) in [5.41, 5.74) is 1.70. The lowest BCUT2D eigenvalue weighted by Gasteiger charge is -2.12. The van der Waals surface area contributed by atoms with Crippen LogP contribution in [0.5, 0.6) is 0 Å². The van der Waals surface area contributed by atoms with E-state index in [1.54, 1.807) is 12.2 Å². The molecule has 76 valence electrons. The van der Waals surface area contributed by atoms with Gasteiger partial charge in [0.25, 0.3) is 0 Å². The van der Waals surface area contributed by atoms with Gasteiger partial charge >= 0.3 is 0 Å². The maximum absolute atomic E-state index is 9.64. The first kappa shape index (κ1) is 9.74. The molecule has 0 radical (unpaired) electrons. The highest BCUT2D eigenvalue weighted by Gasteiger charge is 2.10. The standard InChI is InChI=1S/C13H12O2/c14-12-6-7-13(15)11(9-12)8-10-4-2-1-3-5-10/h1-9,13-15H. The zero-order chi connectivity index (χ0) is 10.7. The van der Waals surface area contributed by atoms with Crippen LogP contribution in [0.25, 0.3) is 6.08 Å². The van der Waals surface area contributed by atoms with Gasteiger partial charge in [0.2, 0.25) is 0 Å². The fourth-order valence-electron chi connectivity index (χ4n) is 1.47. The van der Waals surface area contributed by atoms with E-state index >= 15 is 0 Å². The van der Waals surface area contributed by atoms with Crippen LogP contribution in [0.1, 0.15) is 5.56 Å². The minimum atomic E-state index is -0.638. The van der Waals surface area contributed by atoms with Gasteiger partial charge in [0, 0.05) is 0 Å². The Kier molecular flexibility index (Phi) is 2.70. The zero-order valence-electron chi connectivity index (χ0n) is 8.17. The summed E-state index contributed by atoms with van der Waals surface area (Å²) < 4.78 is 0. The molecular formula is C13H12O2. The van der Waals surface area contributed by atoms with E-state index in [9.17, 15) is 10.2 Å². The van der Waals surface area contributed by atoms with Gasteiger partial charge in [-0.05, 0) is 35.4 Å². The van der Waals surface area contributed by atoms with Crippen LogP contribution < -0.4 is 0 Å². The van der Waals surface area contributed by atoms with Gasteiger partial charge < -0.3 is 10.2 Å². The number of aliphatic hydroxyl groups excluding tert-OH is 2. The molecule has 0 spiro atoms. The average Bonchev–Trinajstić information content (AvgIpc) is 2.25. The largest absolute Gasteiger partial charge is 0.508 e. The third-order valence-electron chi connectivity index (χ3n) is 2.24. The van der Waals surface area contributed by atoms with Gasteiger partial charge in [-0.1, -0.05) is 30.3 Å². The first-order valence-electron chi connectivity index (χ1n) is 4.79. The summed E-state index contributed by atoms with van der Waals surface area (Å²) in [7, 11) is 0. The Bertz CT molecular complexity index is 427. The van der Waals surface area contributed by atoms with E-state index in [4.69, 9.17) is 0 Å². The van der Waals surface area contributed by atoms with Crippen molar-refractivity contribution in [2.24, 2.45) is 0 Å². The second kappa shape index (κ2) is 4.15. The molecule has 1 aromatic rings. The molecule has 1 aliphatic rings. The number of allylic oxidation sites excluding steroid dienone is 1. The minimum Gasteiger partial charge on any atom is -0.508 e. The van der Waals surface area contributed by atoms with Crippen LogP contribution in [0, 0.1) is 0 Å². The van der Waals surface area contributed by atoms with Crippen molar-refractivity contribution in [2.75, 3.05) is 0 Å². The quantitative estimate of drug-likeness (QED) is 0.731. The predicted molar refractivity (Wildman–Crippen MR) is 60.3 cm³/mol. The van der Waals surface area contributed by atoms with Gasteiger partial charge in [0.1, 0.15) is 5.76 Å². The average molecular weight is 200 g/mol. The van der Waals surface area contributed by atoms with Crippen molar-refractivity contribution in [3.63, 3.8) is 0 Å². The van der Waals surface area contributed by atoms with Crippen LogP contribution in [-0.4, -0.2) is 16.3 Å². The summed E-state index contributed by atoms with van der Waals surface area (Å²) in [5, 5.41) is 18.9. The van der Waals surface area contributed by atoms with Gasteiger partial charge in [0.05, 0.1) is 6.10 Å². The Morgan fingerprint density at radius 2 is 1.87 bits per heavy atom. The fraction of sp³-hybridized carbons (Fsp3) is 0.0769. The molecular weight excluding hydrogens is 188 g/mol. The molecule has 15 heavy (non-hydrogen) atoms. The van der Waals surface area contributed by atoms with E-state index in [0.717, 1.165) is 5.56 Å². The molecule has 1 aromatic carbocycles. The molecule has 0 saturated carbocycles. The monoisotopic (exact) mass is 200 g/mol. The lowest BCUT2D eigenvalue weighted by atomic mass is 10.0. The first-order valence-corrected chi connectivity index (χ1v) is 4.79. The zero-order valence-corrected chi connectivity index (χ0v) is 8.17.